The lowest BCUT2D eigenvalue weighted by Crippen LogP contribution is -2.49. The lowest BCUT2D eigenvalue weighted by atomic mass is 9.49. The summed E-state index contributed by atoms with van der Waals surface area (Å²) in [5.74, 6) is 3.00. The molecular formula is C18H26N2. The van der Waals surface area contributed by atoms with Crippen LogP contribution in [-0.4, -0.2) is 12.0 Å². The quantitative estimate of drug-likeness (QED) is 0.908. The molecule has 0 atom stereocenters. The lowest BCUT2D eigenvalue weighted by molar-refractivity contribution is -0.00727. The molecule has 4 saturated carbocycles. The van der Waals surface area contributed by atoms with Gasteiger partial charge < -0.3 is 5.32 Å². The highest BCUT2D eigenvalue weighted by atomic mass is 14.8. The molecule has 0 saturated heterocycles. The first-order valence-corrected chi connectivity index (χ1v) is 8.30. The maximum Gasteiger partial charge on any atom is 0.0469 e. The van der Waals surface area contributed by atoms with Crippen LogP contribution in [0, 0.1) is 24.7 Å². The molecule has 2 nitrogen and oxygen atoms in total. The molecule has 1 aromatic heterocycles. The van der Waals surface area contributed by atoms with Crippen LogP contribution >= 0.6 is 0 Å². The number of rotatable bonds is 3. The average Bonchev–Trinajstić information content (AvgIpc) is 2.39. The Labute approximate surface area is 122 Å². The Kier molecular flexibility index (Phi) is 2.92. The van der Waals surface area contributed by atoms with E-state index in [1.807, 2.05) is 7.05 Å². The molecule has 4 fully saturated rings. The van der Waals surface area contributed by atoms with Gasteiger partial charge in [-0.15, -0.1) is 0 Å². The number of nitrogens with zero attached hydrogens (tertiary/aromatic N) is 1. The molecule has 108 valence electrons. The first kappa shape index (κ1) is 12.8. The van der Waals surface area contributed by atoms with Gasteiger partial charge in [0.2, 0.25) is 0 Å². The molecule has 1 aromatic rings. The van der Waals surface area contributed by atoms with Crippen molar-refractivity contribution in [3.8, 4) is 0 Å². The van der Waals surface area contributed by atoms with Gasteiger partial charge in [0.05, 0.1) is 0 Å². The maximum atomic E-state index is 5.04. The molecule has 4 bridgehead atoms. The van der Waals surface area contributed by atoms with Crippen LogP contribution in [0.15, 0.2) is 12.1 Å². The van der Waals surface area contributed by atoms with E-state index in [0.29, 0.717) is 5.41 Å². The van der Waals surface area contributed by atoms with E-state index in [9.17, 15) is 0 Å². The van der Waals surface area contributed by atoms with Crippen molar-refractivity contribution >= 4 is 0 Å². The fraction of sp³-hybridized carbons (Fsp3) is 0.722. The fourth-order valence-electron chi connectivity index (χ4n) is 5.69. The predicted octanol–water partition coefficient (Wildman–Crippen LogP) is 3.58. The first-order chi connectivity index (χ1) is 9.68. The topological polar surface area (TPSA) is 24.9 Å². The highest BCUT2D eigenvalue weighted by Crippen LogP contribution is 2.60. The fourth-order valence-corrected chi connectivity index (χ4v) is 5.69. The number of nitrogens with one attached hydrogen (secondary N) is 1. The van der Waals surface area contributed by atoms with Crippen LogP contribution in [-0.2, 0) is 12.0 Å². The van der Waals surface area contributed by atoms with Gasteiger partial charge in [0.25, 0.3) is 0 Å². The summed E-state index contributed by atoms with van der Waals surface area (Å²) in [6.45, 7) is 3.11. The maximum absolute atomic E-state index is 5.04. The second kappa shape index (κ2) is 4.56. The number of hydrogen-bond acceptors (Lipinski definition) is 2. The molecule has 1 heterocycles. The van der Waals surface area contributed by atoms with Crippen LogP contribution in [0.3, 0.4) is 0 Å². The Balaban J connectivity index is 1.68. The molecule has 20 heavy (non-hydrogen) atoms. The smallest absolute Gasteiger partial charge is 0.0469 e. The zero-order valence-electron chi connectivity index (χ0n) is 12.8. The summed E-state index contributed by atoms with van der Waals surface area (Å²) in [6.07, 6.45) is 8.77. The van der Waals surface area contributed by atoms with Gasteiger partial charge in [-0.1, -0.05) is 6.07 Å². The Hall–Kier alpha value is -0.890. The summed E-state index contributed by atoms with van der Waals surface area (Å²) in [5.41, 5.74) is 4.43. The molecule has 4 aliphatic rings. The van der Waals surface area contributed by atoms with Crippen LogP contribution in [0.2, 0.25) is 0 Å². The third-order valence-electron chi connectivity index (χ3n) is 6.14. The summed E-state index contributed by atoms with van der Waals surface area (Å²) in [4.78, 5) is 5.04. The second-order valence-electron chi connectivity index (χ2n) is 7.67. The van der Waals surface area contributed by atoms with Crippen molar-refractivity contribution in [2.24, 2.45) is 17.8 Å². The Morgan fingerprint density at radius 3 is 2.20 bits per heavy atom. The monoisotopic (exact) mass is 270 g/mol. The van der Waals surface area contributed by atoms with Crippen molar-refractivity contribution in [3.63, 3.8) is 0 Å². The molecule has 0 radical (unpaired) electrons. The highest BCUT2D eigenvalue weighted by molar-refractivity contribution is 5.29. The van der Waals surface area contributed by atoms with E-state index < -0.39 is 0 Å². The minimum Gasteiger partial charge on any atom is -0.316 e. The van der Waals surface area contributed by atoms with Crippen LogP contribution in [0.4, 0.5) is 0 Å². The molecule has 5 rings (SSSR count). The Morgan fingerprint density at radius 2 is 1.70 bits per heavy atom. The number of aromatic nitrogens is 1. The van der Waals surface area contributed by atoms with E-state index in [2.05, 4.69) is 24.4 Å². The molecule has 0 aliphatic heterocycles. The van der Waals surface area contributed by atoms with Crippen LogP contribution in [0.25, 0.3) is 0 Å². The zero-order valence-corrected chi connectivity index (χ0v) is 12.8. The van der Waals surface area contributed by atoms with Crippen molar-refractivity contribution in [1.82, 2.24) is 10.3 Å². The largest absolute Gasteiger partial charge is 0.316 e. The van der Waals surface area contributed by atoms with Crippen LogP contribution in [0.1, 0.15) is 55.5 Å². The number of aryl methyl sites for hydroxylation is 1. The van der Waals surface area contributed by atoms with E-state index in [4.69, 9.17) is 4.98 Å². The standard InChI is InChI=1S/C18H26N2/c1-12-16(11-19-2)3-4-17(20-12)18-8-13-5-14(9-18)7-15(6-13)10-18/h3-4,13-15,19H,5-11H2,1-2H3. The third kappa shape index (κ3) is 1.92. The van der Waals surface area contributed by atoms with Gasteiger partial charge in [-0.3, -0.25) is 4.98 Å². The lowest BCUT2D eigenvalue weighted by Gasteiger charge is -2.56. The summed E-state index contributed by atoms with van der Waals surface area (Å²) in [5, 5.41) is 3.24. The van der Waals surface area contributed by atoms with Gasteiger partial charge in [0.15, 0.2) is 0 Å². The second-order valence-corrected chi connectivity index (χ2v) is 7.67. The van der Waals surface area contributed by atoms with Gasteiger partial charge in [0, 0.05) is 23.3 Å². The molecule has 2 heteroatoms. The number of hydrogen-bond donors (Lipinski definition) is 1. The Bertz CT molecular complexity index is 485. The summed E-state index contributed by atoms with van der Waals surface area (Å²) in [7, 11) is 2.01. The first-order valence-electron chi connectivity index (χ1n) is 8.30. The summed E-state index contributed by atoms with van der Waals surface area (Å²) >= 11 is 0. The Morgan fingerprint density at radius 1 is 1.10 bits per heavy atom. The van der Waals surface area contributed by atoms with E-state index in [1.54, 1.807) is 0 Å². The molecule has 0 unspecified atom stereocenters. The highest BCUT2D eigenvalue weighted by Gasteiger charge is 2.52. The molecule has 4 aliphatic carbocycles. The van der Waals surface area contributed by atoms with Gasteiger partial charge in [-0.2, -0.15) is 0 Å². The third-order valence-corrected chi connectivity index (χ3v) is 6.14. The zero-order chi connectivity index (χ0) is 13.7. The van der Waals surface area contributed by atoms with Crippen molar-refractivity contribution in [3.05, 3.63) is 29.1 Å². The molecule has 0 aromatic carbocycles. The summed E-state index contributed by atoms with van der Waals surface area (Å²) in [6, 6.07) is 4.65. The molecule has 1 N–H and O–H groups in total. The van der Waals surface area contributed by atoms with E-state index in [1.165, 1.54) is 55.5 Å². The number of pyridine rings is 1. The SMILES string of the molecule is CNCc1ccc(C23CC4CC(CC(C4)C2)C3)nc1C. The molecule has 0 amide bonds. The molecule has 0 spiro atoms. The van der Waals surface area contributed by atoms with E-state index in [-0.39, 0.29) is 0 Å². The van der Waals surface area contributed by atoms with Crippen molar-refractivity contribution in [2.75, 3.05) is 7.05 Å². The minimum absolute atomic E-state index is 0.442. The molecular weight excluding hydrogens is 244 g/mol. The van der Waals surface area contributed by atoms with Crippen molar-refractivity contribution < 1.29 is 0 Å². The van der Waals surface area contributed by atoms with Gasteiger partial charge in [0.1, 0.15) is 0 Å². The predicted molar refractivity (Wildman–Crippen MR) is 81.6 cm³/mol. The van der Waals surface area contributed by atoms with E-state index in [0.717, 1.165) is 24.3 Å². The van der Waals surface area contributed by atoms with Crippen LogP contribution in [0.5, 0.6) is 0 Å². The normalized spacial score (nSPS) is 38.4. The van der Waals surface area contributed by atoms with Crippen LogP contribution < -0.4 is 5.32 Å². The van der Waals surface area contributed by atoms with E-state index >= 15 is 0 Å². The minimum atomic E-state index is 0.442. The van der Waals surface area contributed by atoms with Gasteiger partial charge >= 0.3 is 0 Å². The summed E-state index contributed by atoms with van der Waals surface area (Å²) < 4.78 is 0. The van der Waals surface area contributed by atoms with Gasteiger partial charge in [-0.05, 0) is 81.9 Å². The average molecular weight is 270 g/mol. The van der Waals surface area contributed by atoms with Gasteiger partial charge in [-0.25, -0.2) is 0 Å². The van der Waals surface area contributed by atoms with Crippen molar-refractivity contribution in [1.29, 1.82) is 0 Å². The van der Waals surface area contributed by atoms with Crippen molar-refractivity contribution in [2.45, 2.75) is 57.4 Å².